The fourth-order valence-electron chi connectivity index (χ4n) is 2.08. The molecule has 1 aliphatic rings. The summed E-state index contributed by atoms with van der Waals surface area (Å²) in [4.78, 5) is 36.4. The minimum absolute atomic E-state index is 0.116. The summed E-state index contributed by atoms with van der Waals surface area (Å²) in [5, 5.41) is 20.4. The van der Waals surface area contributed by atoms with Crippen molar-refractivity contribution in [3.05, 3.63) is 39.6 Å². The highest BCUT2D eigenvalue weighted by Gasteiger charge is 2.37. The van der Waals surface area contributed by atoms with Gasteiger partial charge in [0, 0.05) is 13.1 Å². The molecule has 1 N–H and O–H groups in total. The van der Waals surface area contributed by atoms with Gasteiger partial charge in [-0.2, -0.15) is 0 Å². The monoisotopic (exact) mass is 351 g/mol. The molecule has 126 valence electrons. The number of methoxy groups -OCH3 is 1. The SMILES string of the molecule is COC(=O)CN1C(=O)/C(=C/c2ccc(O)c([N+](=O)[O-])c2)N(C)C1=S. The van der Waals surface area contributed by atoms with E-state index >= 15 is 0 Å². The maximum atomic E-state index is 12.4. The smallest absolute Gasteiger partial charge is 0.325 e. The molecule has 24 heavy (non-hydrogen) atoms. The van der Waals surface area contributed by atoms with Crippen molar-refractivity contribution in [1.29, 1.82) is 0 Å². The molecule has 1 amide bonds. The van der Waals surface area contributed by atoms with Gasteiger partial charge in [-0.25, -0.2) is 0 Å². The van der Waals surface area contributed by atoms with Crippen molar-refractivity contribution in [3.63, 3.8) is 0 Å². The number of phenolic OH excluding ortho intramolecular Hbond substituents is 1. The van der Waals surface area contributed by atoms with Gasteiger partial charge in [-0.15, -0.1) is 0 Å². The van der Waals surface area contributed by atoms with Crippen LogP contribution in [0.15, 0.2) is 23.9 Å². The van der Waals surface area contributed by atoms with Crippen LogP contribution in [0.3, 0.4) is 0 Å². The van der Waals surface area contributed by atoms with Crippen molar-refractivity contribution in [3.8, 4) is 5.75 Å². The molecule has 0 unspecified atom stereocenters. The van der Waals surface area contributed by atoms with Gasteiger partial charge in [0.2, 0.25) is 0 Å². The van der Waals surface area contributed by atoms with Gasteiger partial charge in [-0.3, -0.25) is 24.6 Å². The third kappa shape index (κ3) is 3.18. The number of likely N-dealkylation sites (N-methyl/N-ethyl adjacent to an activating group) is 1. The van der Waals surface area contributed by atoms with Gasteiger partial charge in [0.1, 0.15) is 12.2 Å². The van der Waals surface area contributed by atoms with Crippen LogP contribution in [0.1, 0.15) is 5.56 Å². The number of nitro groups is 1. The molecule has 1 aromatic carbocycles. The summed E-state index contributed by atoms with van der Waals surface area (Å²) in [6.45, 7) is -0.328. The average Bonchev–Trinajstić information content (AvgIpc) is 2.74. The van der Waals surface area contributed by atoms with E-state index in [4.69, 9.17) is 12.2 Å². The average molecular weight is 351 g/mol. The molecule has 0 bridgehead atoms. The van der Waals surface area contributed by atoms with E-state index in [2.05, 4.69) is 4.74 Å². The number of nitrogens with zero attached hydrogens (tertiary/aromatic N) is 3. The van der Waals surface area contributed by atoms with Crippen LogP contribution in [0.4, 0.5) is 5.69 Å². The number of ether oxygens (including phenoxy) is 1. The number of benzene rings is 1. The Morgan fingerprint density at radius 2 is 2.17 bits per heavy atom. The van der Waals surface area contributed by atoms with Crippen LogP contribution in [-0.2, 0) is 14.3 Å². The molecule has 0 saturated carbocycles. The zero-order valence-corrected chi connectivity index (χ0v) is 13.6. The molecule has 1 aliphatic heterocycles. The second kappa shape index (κ2) is 6.62. The van der Waals surface area contributed by atoms with Crippen LogP contribution in [-0.4, -0.2) is 57.5 Å². The zero-order chi connectivity index (χ0) is 18.0. The second-order valence-electron chi connectivity index (χ2n) is 4.84. The Kier molecular flexibility index (Phi) is 4.79. The van der Waals surface area contributed by atoms with Gasteiger partial charge in [-0.05, 0) is 29.9 Å². The van der Waals surface area contributed by atoms with Crippen molar-refractivity contribution in [1.82, 2.24) is 9.80 Å². The normalized spacial score (nSPS) is 16.0. The summed E-state index contributed by atoms with van der Waals surface area (Å²) < 4.78 is 4.52. The van der Waals surface area contributed by atoms with Crippen molar-refractivity contribution < 1.29 is 24.4 Å². The first-order valence-corrected chi connectivity index (χ1v) is 7.02. The highest BCUT2D eigenvalue weighted by Crippen LogP contribution is 2.29. The number of amides is 1. The maximum Gasteiger partial charge on any atom is 0.325 e. The standard InChI is InChI=1S/C14H13N3O6S/c1-15-10(13(20)16(14(15)24)7-12(19)23-2)6-8-3-4-11(18)9(5-8)17(21)22/h3-6,18H,7H2,1-2H3/b10-6-. The number of nitro benzene ring substituents is 1. The minimum atomic E-state index is -0.730. The number of rotatable bonds is 4. The summed E-state index contributed by atoms with van der Waals surface area (Å²) in [6, 6.07) is 3.71. The number of thiocarbonyl (C=S) groups is 1. The number of phenols is 1. The van der Waals surface area contributed by atoms with E-state index in [0.717, 1.165) is 17.0 Å². The number of carbonyl (C=O) groups excluding carboxylic acids is 2. The zero-order valence-electron chi connectivity index (χ0n) is 12.8. The molecular formula is C14H13N3O6S. The number of aromatic hydroxyl groups is 1. The van der Waals surface area contributed by atoms with E-state index in [1.165, 1.54) is 31.2 Å². The van der Waals surface area contributed by atoms with Crippen molar-refractivity contribution in [2.45, 2.75) is 0 Å². The molecule has 0 aliphatic carbocycles. The molecule has 0 aromatic heterocycles. The van der Waals surface area contributed by atoms with Gasteiger partial charge in [0.15, 0.2) is 10.9 Å². The Morgan fingerprint density at radius 1 is 1.50 bits per heavy atom. The largest absolute Gasteiger partial charge is 0.502 e. The Bertz CT molecular complexity index is 776. The van der Waals surface area contributed by atoms with Crippen LogP contribution in [0.5, 0.6) is 5.75 Å². The highest BCUT2D eigenvalue weighted by molar-refractivity contribution is 7.80. The molecule has 1 saturated heterocycles. The van der Waals surface area contributed by atoms with E-state index in [9.17, 15) is 24.8 Å². The molecule has 0 spiro atoms. The van der Waals surface area contributed by atoms with Crippen LogP contribution in [0.2, 0.25) is 0 Å². The minimum Gasteiger partial charge on any atom is -0.502 e. The van der Waals surface area contributed by atoms with Crippen LogP contribution < -0.4 is 0 Å². The number of carbonyl (C=O) groups is 2. The molecule has 1 heterocycles. The van der Waals surface area contributed by atoms with Crippen molar-refractivity contribution in [2.24, 2.45) is 0 Å². The topological polar surface area (TPSA) is 113 Å². The Hall–Kier alpha value is -3.01. The maximum absolute atomic E-state index is 12.4. The molecule has 1 fully saturated rings. The van der Waals surface area contributed by atoms with Crippen LogP contribution in [0.25, 0.3) is 6.08 Å². The van der Waals surface area contributed by atoms with Crippen LogP contribution >= 0.6 is 12.2 Å². The summed E-state index contributed by atoms with van der Waals surface area (Å²) >= 11 is 5.12. The molecule has 2 rings (SSSR count). The third-order valence-corrected chi connectivity index (χ3v) is 3.85. The Labute approximate surface area is 141 Å². The number of esters is 1. The van der Waals surface area contributed by atoms with E-state index in [-0.39, 0.29) is 17.4 Å². The summed E-state index contributed by atoms with van der Waals surface area (Å²) in [5.41, 5.74) is -0.00671. The summed E-state index contributed by atoms with van der Waals surface area (Å²) in [6.07, 6.45) is 1.39. The first kappa shape index (κ1) is 17.3. The lowest BCUT2D eigenvalue weighted by Crippen LogP contribution is -2.36. The lowest BCUT2D eigenvalue weighted by Gasteiger charge is -2.14. The fourth-order valence-corrected chi connectivity index (χ4v) is 2.32. The summed E-state index contributed by atoms with van der Waals surface area (Å²) in [7, 11) is 2.74. The quantitative estimate of drug-likeness (QED) is 0.279. The first-order chi connectivity index (χ1) is 11.3. The number of hydrogen-bond donors (Lipinski definition) is 1. The van der Waals surface area contributed by atoms with E-state index in [0.29, 0.717) is 5.56 Å². The first-order valence-electron chi connectivity index (χ1n) is 6.61. The van der Waals surface area contributed by atoms with Gasteiger partial charge in [-0.1, -0.05) is 6.07 Å². The van der Waals surface area contributed by atoms with Gasteiger partial charge in [0.05, 0.1) is 12.0 Å². The molecule has 0 radical (unpaired) electrons. The van der Waals surface area contributed by atoms with Gasteiger partial charge < -0.3 is 14.7 Å². The van der Waals surface area contributed by atoms with E-state index < -0.39 is 28.2 Å². The molecule has 9 nitrogen and oxygen atoms in total. The lowest BCUT2D eigenvalue weighted by atomic mass is 10.1. The molecular weight excluding hydrogens is 338 g/mol. The predicted octanol–water partition coefficient (Wildman–Crippen LogP) is 0.873. The molecule has 1 aromatic rings. The molecule has 0 atom stereocenters. The fraction of sp³-hybridized carbons (Fsp3) is 0.214. The second-order valence-corrected chi connectivity index (χ2v) is 5.21. The molecule has 10 heteroatoms. The summed E-state index contributed by atoms with van der Waals surface area (Å²) in [5.74, 6) is -1.62. The van der Waals surface area contributed by atoms with Crippen molar-refractivity contribution in [2.75, 3.05) is 20.7 Å². The van der Waals surface area contributed by atoms with Gasteiger partial charge in [0.25, 0.3) is 5.91 Å². The highest BCUT2D eigenvalue weighted by atomic mass is 32.1. The van der Waals surface area contributed by atoms with E-state index in [1.807, 2.05) is 0 Å². The van der Waals surface area contributed by atoms with Gasteiger partial charge >= 0.3 is 11.7 Å². The predicted molar refractivity (Wildman–Crippen MR) is 86.8 cm³/mol. The van der Waals surface area contributed by atoms with Crippen molar-refractivity contribution >= 4 is 41.0 Å². The Morgan fingerprint density at radius 3 is 2.75 bits per heavy atom. The van der Waals surface area contributed by atoms with E-state index in [1.54, 1.807) is 0 Å². The number of hydrogen-bond acceptors (Lipinski definition) is 7. The third-order valence-electron chi connectivity index (χ3n) is 3.36. The van der Waals surface area contributed by atoms with Crippen LogP contribution in [0, 0.1) is 10.1 Å². The Balaban J connectivity index is 2.38. The lowest BCUT2D eigenvalue weighted by molar-refractivity contribution is -0.385.